The van der Waals surface area contributed by atoms with Crippen molar-refractivity contribution < 1.29 is 14.3 Å². The van der Waals surface area contributed by atoms with Gasteiger partial charge in [0.05, 0.1) is 8.07 Å². The quantitative estimate of drug-likeness (QED) is 0.196. The van der Waals surface area contributed by atoms with E-state index in [4.69, 9.17) is 10.3 Å². The number of rotatable bonds is 4. The lowest BCUT2D eigenvalue weighted by Crippen LogP contribution is -2.42. The molecular formula is C13H22N2O2Si. The monoisotopic (exact) mass is 266 g/mol. The van der Waals surface area contributed by atoms with E-state index in [1.165, 1.54) is 0 Å². The van der Waals surface area contributed by atoms with Crippen LogP contribution >= 0.6 is 0 Å². The Morgan fingerprint density at radius 3 is 2.22 bits per heavy atom. The summed E-state index contributed by atoms with van der Waals surface area (Å²) < 4.78 is 5.38. The molecule has 0 saturated carbocycles. The van der Waals surface area contributed by atoms with Gasteiger partial charge in [0.15, 0.2) is 0 Å². The number of hydrogen-bond acceptors (Lipinski definition) is 2. The molecule has 0 aromatic heterocycles. The molecule has 0 aliphatic carbocycles. The Hall–Kier alpha value is -1.41. The van der Waals surface area contributed by atoms with Gasteiger partial charge < -0.3 is 10.3 Å². The zero-order valence-electron chi connectivity index (χ0n) is 12.1. The Bertz CT molecular complexity index is 417. The fraction of sp³-hybridized carbons (Fsp3) is 0.615. The third kappa shape index (κ3) is 4.84. The largest absolute Gasteiger partial charge is 0.449 e. The summed E-state index contributed by atoms with van der Waals surface area (Å²) in [6, 6.07) is 0. The van der Waals surface area contributed by atoms with E-state index in [9.17, 15) is 4.79 Å². The molecule has 100 valence electrons. The van der Waals surface area contributed by atoms with Crippen molar-refractivity contribution in [2.24, 2.45) is 5.41 Å². The number of hydrogen-bond donors (Lipinski definition) is 0. The van der Waals surface area contributed by atoms with Gasteiger partial charge in [-0.05, 0) is 5.20 Å². The summed E-state index contributed by atoms with van der Waals surface area (Å²) in [5, 5.41) is 0.953. The maximum atomic E-state index is 11.5. The third-order valence-corrected chi connectivity index (χ3v) is 4.50. The summed E-state index contributed by atoms with van der Waals surface area (Å²) in [7, 11) is -1.69. The molecule has 0 rings (SSSR count). The lowest BCUT2D eigenvalue weighted by Gasteiger charge is -2.35. The van der Waals surface area contributed by atoms with Gasteiger partial charge in [-0.25, -0.2) is 4.79 Å². The highest BCUT2D eigenvalue weighted by Gasteiger charge is 2.37. The number of nitrogens with zero attached hydrogens (tertiary/aromatic N) is 2. The summed E-state index contributed by atoms with van der Waals surface area (Å²) in [6.07, 6.45) is 0.344. The minimum Gasteiger partial charge on any atom is -0.449 e. The molecule has 0 saturated heterocycles. The molecule has 0 aromatic rings. The van der Waals surface area contributed by atoms with Crippen molar-refractivity contribution in [3.63, 3.8) is 0 Å². The highest BCUT2D eigenvalue weighted by Crippen LogP contribution is 2.32. The fourth-order valence-corrected chi connectivity index (χ4v) is 3.42. The predicted octanol–water partition coefficient (Wildman–Crippen LogP) is 2.83. The average molecular weight is 266 g/mol. The van der Waals surface area contributed by atoms with Crippen molar-refractivity contribution in [2.75, 3.05) is 0 Å². The summed E-state index contributed by atoms with van der Waals surface area (Å²) in [6.45, 7) is 16.1. The molecule has 0 fully saturated rings. The molecule has 0 aliphatic rings. The van der Waals surface area contributed by atoms with Gasteiger partial charge in [0.25, 0.3) is 0 Å². The molecule has 0 aliphatic heterocycles. The first-order chi connectivity index (χ1) is 8.04. The van der Waals surface area contributed by atoms with Crippen LogP contribution in [0, 0.1) is 5.41 Å². The number of carbonyl (C=O) groups is 1. The van der Waals surface area contributed by atoms with Gasteiger partial charge in [0, 0.05) is 5.41 Å². The van der Waals surface area contributed by atoms with Crippen LogP contribution in [0.2, 0.25) is 19.6 Å². The Balaban J connectivity index is 5.46. The number of carbonyl (C=O) groups excluding carboxylic acids is 1. The molecular weight excluding hydrogens is 244 g/mol. The summed E-state index contributed by atoms with van der Waals surface area (Å²) in [4.78, 5) is 14.2. The molecule has 0 radical (unpaired) electrons. The first-order valence-electron chi connectivity index (χ1n) is 5.82. The second-order valence-electron chi connectivity index (χ2n) is 6.27. The zero-order chi connectivity index (χ0) is 14.6. The van der Waals surface area contributed by atoms with Gasteiger partial charge in [-0.1, -0.05) is 47.0 Å². The van der Waals surface area contributed by atoms with Crippen LogP contribution in [-0.2, 0) is 9.53 Å². The van der Waals surface area contributed by atoms with Crippen LogP contribution in [-0.4, -0.2) is 31.2 Å². The van der Waals surface area contributed by atoms with Crippen molar-refractivity contribution in [3.8, 4) is 0 Å². The highest BCUT2D eigenvalue weighted by molar-refractivity contribution is 6.83. The zero-order valence-corrected chi connectivity index (χ0v) is 13.1. The van der Waals surface area contributed by atoms with E-state index in [-0.39, 0.29) is 5.41 Å². The maximum absolute atomic E-state index is 11.5. The topological polar surface area (TPSA) is 62.7 Å². The van der Waals surface area contributed by atoms with Gasteiger partial charge in [0.1, 0.15) is 6.10 Å². The minimum atomic E-state index is -1.69. The third-order valence-electron chi connectivity index (χ3n) is 2.44. The fourth-order valence-electron chi connectivity index (χ4n) is 1.61. The molecule has 0 amide bonds. The van der Waals surface area contributed by atoms with Crippen LogP contribution in [0.5, 0.6) is 0 Å². The Morgan fingerprint density at radius 2 is 1.94 bits per heavy atom. The number of esters is 1. The standard InChI is InChI=1S/C13H22N2O2Si/c1-8-10(18(5,6)7)12(13(2,3)4)17-11(16)9-15-14/h9,12H,1H2,2-7H3. The van der Waals surface area contributed by atoms with Crippen molar-refractivity contribution in [3.05, 3.63) is 23.0 Å². The van der Waals surface area contributed by atoms with E-state index >= 15 is 0 Å². The van der Waals surface area contributed by atoms with E-state index in [0.717, 1.165) is 11.4 Å². The molecule has 0 spiro atoms. The lowest BCUT2D eigenvalue weighted by molar-refractivity contribution is -0.146. The SMILES string of the molecule is C=C=C(C(OC(=O)C=[N+]=[N-])C(C)(C)C)[Si](C)(C)C. The van der Waals surface area contributed by atoms with Crippen LogP contribution < -0.4 is 0 Å². The Kier molecular flexibility index (Phi) is 5.49. The first kappa shape index (κ1) is 16.6. The van der Waals surface area contributed by atoms with E-state index < -0.39 is 20.1 Å². The average Bonchev–Trinajstić information content (AvgIpc) is 2.14. The van der Waals surface area contributed by atoms with Crippen LogP contribution in [0.1, 0.15) is 20.8 Å². The van der Waals surface area contributed by atoms with Crippen LogP contribution in [0.25, 0.3) is 5.53 Å². The van der Waals surface area contributed by atoms with Crippen LogP contribution in [0.4, 0.5) is 0 Å². The molecule has 0 aromatic carbocycles. The predicted molar refractivity (Wildman–Crippen MR) is 75.0 cm³/mol. The summed E-state index contributed by atoms with van der Waals surface area (Å²) >= 11 is 0. The molecule has 18 heavy (non-hydrogen) atoms. The normalized spacial score (nSPS) is 13.0. The summed E-state index contributed by atoms with van der Waals surface area (Å²) in [5.41, 5.74) is 11.0. The molecule has 5 heteroatoms. The molecule has 0 bridgehead atoms. The molecule has 1 atom stereocenters. The smallest absolute Gasteiger partial charge is 0.414 e. The Labute approximate surface area is 110 Å². The van der Waals surface area contributed by atoms with Gasteiger partial charge in [-0.15, -0.1) is 5.73 Å². The second-order valence-corrected chi connectivity index (χ2v) is 11.3. The molecule has 0 N–H and O–H groups in total. The second kappa shape index (κ2) is 5.96. The van der Waals surface area contributed by atoms with Gasteiger partial charge >= 0.3 is 12.2 Å². The van der Waals surface area contributed by atoms with E-state index in [1.807, 2.05) is 20.8 Å². The van der Waals surface area contributed by atoms with Gasteiger partial charge in [0.2, 0.25) is 0 Å². The van der Waals surface area contributed by atoms with Gasteiger partial charge in [-0.3, -0.25) is 0 Å². The van der Waals surface area contributed by atoms with Crippen LogP contribution in [0.15, 0.2) is 17.5 Å². The lowest BCUT2D eigenvalue weighted by atomic mass is 9.88. The maximum Gasteiger partial charge on any atom is 0.414 e. The molecule has 0 heterocycles. The van der Waals surface area contributed by atoms with Crippen molar-refractivity contribution >= 4 is 20.3 Å². The molecule has 1 unspecified atom stereocenters. The first-order valence-corrected chi connectivity index (χ1v) is 9.32. The minimum absolute atomic E-state index is 0.265. The molecule has 4 nitrogen and oxygen atoms in total. The van der Waals surface area contributed by atoms with E-state index in [1.54, 1.807) is 0 Å². The van der Waals surface area contributed by atoms with E-state index in [0.29, 0.717) is 0 Å². The van der Waals surface area contributed by atoms with Crippen molar-refractivity contribution in [1.29, 1.82) is 0 Å². The van der Waals surface area contributed by atoms with Gasteiger partial charge in [-0.2, -0.15) is 4.79 Å². The highest BCUT2D eigenvalue weighted by atomic mass is 28.3. The Morgan fingerprint density at radius 1 is 1.44 bits per heavy atom. The van der Waals surface area contributed by atoms with Crippen molar-refractivity contribution in [2.45, 2.75) is 46.5 Å². The summed E-state index contributed by atoms with van der Waals surface area (Å²) in [5.74, 6) is -0.663. The number of ether oxygens (including phenoxy) is 1. The van der Waals surface area contributed by atoms with Crippen molar-refractivity contribution in [1.82, 2.24) is 0 Å². The van der Waals surface area contributed by atoms with Crippen LogP contribution in [0.3, 0.4) is 0 Å². The van der Waals surface area contributed by atoms with E-state index in [2.05, 4.69) is 36.7 Å².